The molecule has 8 heavy (non-hydrogen) atoms. The van der Waals surface area contributed by atoms with Crippen LogP contribution < -0.4 is 10.6 Å². The van der Waals surface area contributed by atoms with Crippen LogP contribution in [-0.2, 0) is 0 Å². The predicted molar refractivity (Wildman–Crippen MR) is 33.1 cm³/mol. The highest BCUT2D eigenvalue weighted by atomic mass is 14.9. The molecule has 1 aliphatic rings. The molecule has 1 fully saturated rings. The fourth-order valence-corrected chi connectivity index (χ4v) is 1.15. The van der Waals surface area contributed by atoms with Gasteiger partial charge in [0, 0.05) is 12.5 Å². The third-order valence-corrected chi connectivity index (χ3v) is 1.66. The molecule has 0 aromatic rings. The minimum Gasteiger partial charge on any atom is -0.479 e. The maximum Gasteiger partial charge on any atom is 0.0556 e. The molecular weight excluding hydrogens is 100 g/mol. The van der Waals surface area contributed by atoms with Gasteiger partial charge in [-0.2, -0.15) is 7.05 Å². The first kappa shape index (κ1) is 6.05. The second kappa shape index (κ2) is 3.05. The molecule has 0 radical (unpaired) electrons. The summed E-state index contributed by atoms with van der Waals surface area (Å²) in [6.07, 6.45) is 1.34. The quantitative estimate of drug-likeness (QED) is 0.441. The zero-order valence-electron chi connectivity index (χ0n) is 5.19. The van der Waals surface area contributed by atoms with Gasteiger partial charge in [0.15, 0.2) is 0 Å². The van der Waals surface area contributed by atoms with Crippen LogP contribution in [0.4, 0.5) is 0 Å². The lowest BCUT2D eigenvalue weighted by Crippen LogP contribution is -2.78. The Morgan fingerprint density at radius 1 is 1.75 bits per heavy atom. The van der Waals surface area contributed by atoms with Crippen molar-refractivity contribution in [2.45, 2.75) is 6.42 Å². The van der Waals surface area contributed by atoms with Gasteiger partial charge in [0.2, 0.25) is 0 Å². The van der Waals surface area contributed by atoms with Gasteiger partial charge in [-0.05, 0) is 13.0 Å². The first-order valence-electron chi connectivity index (χ1n) is 3.25. The van der Waals surface area contributed by atoms with Crippen molar-refractivity contribution in [2.24, 2.45) is 5.92 Å². The van der Waals surface area contributed by atoms with Crippen LogP contribution in [0.25, 0.3) is 0 Å². The average Bonchev–Trinajstić information content (AvgIpc) is 2.19. The molecule has 0 aliphatic carbocycles. The van der Waals surface area contributed by atoms with Crippen LogP contribution in [0.15, 0.2) is 0 Å². The van der Waals surface area contributed by atoms with Crippen molar-refractivity contribution in [3.8, 4) is 0 Å². The molecule has 2 nitrogen and oxygen atoms in total. The fourth-order valence-electron chi connectivity index (χ4n) is 1.15. The summed E-state index contributed by atoms with van der Waals surface area (Å²) in [5.41, 5.74) is 0. The van der Waals surface area contributed by atoms with Crippen LogP contribution >= 0.6 is 0 Å². The van der Waals surface area contributed by atoms with E-state index in [1.807, 2.05) is 5.32 Å². The molecule has 1 saturated heterocycles. The number of nitrogens with one attached hydrogen (secondary N) is 1. The lowest BCUT2D eigenvalue weighted by atomic mass is 10.1. The summed E-state index contributed by atoms with van der Waals surface area (Å²) in [4.78, 5) is 0. The molecule has 1 heterocycles. The summed E-state index contributed by atoms with van der Waals surface area (Å²) in [6.45, 7) is 3.59. The molecule has 48 valence electrons. The molecular formula is C6H14N2. The maximum atomic E-state index is 3.70. The minimum absolute atomic E-state index is 0.882. The van der Waals surface area contributed by atoms with Gasteiger partial charge in [-0.3, -0.25) is 0 Å². The molecule has 2 heteroatoms. The third-order valence-electron chi connectivity index (χ3n) is 1.66. The second-order valence-corrected chi connectivity index (χ2v) is 2.38. The van der Waals surface area contributed by atoms with Crippen molar-refractivity contribution < 1.29 is 5.32 Å². The van der Waals surface area contributed by atoms with Gasteiger partial charge in [-0.1, -0.05) is 0 Å². The summed E-state index contributed by atoms with van der Waals surface area (Å²) in [5.74, 6) is 0.882. The van der Waals surface area contributed by atoms with Gasteiger partial charge >= 0.3 is 0 Å². The van der Waals surface area contributed by atoms with E-state index < -0.39 is 0 Å². The van der Waals surface area contributed by atoms with E-state index in [2.05, 4.69) is 12.4 Å². The number of nitrogens with two attached hydrogens (primary N) is 1. The second-order valence-electron chi connectivity index (χ2n) is 2.38. The standard InChI is InChI=1S/C6H14N2/c1-7-4-6-2-3-8-5-6/h6,8H,1-5,7H2. The molecule has 0 bridgehead atoms. The van der Waals surface area contributed by atoms with Gasteiger partial charge < -0.3 is 10.6 Å². The Labute approximate surface area is 50.7 Å². The Morgan fingerprint density at radius 2 is 2.62 bits per heavy atom. The normalized spacial score (nSPS) is 28.9. The molecule has 1 atom stereocenters. The average molecular weight is 114 g/mol. The molecule has 0 spiro atoms. The zero-order valence-corrected chi connectivity index (χ0v) is 5.19. The molecule has 1 aliphatic heterocycles. The minimum atomic E-state index is 0.882. The Balaban J connectivity index is 2.06. The van der Waals surface area contributed by atoms with Gasteiger partial charge in [-0.15, -0.1) is 0 Å². The van der Waals surface area contributed by atoms with E-state index in [0.717, 1.165) is 5.92 Å². The monoisotopic (exact) mass is 114 g/mol. The lowest BCUT2D eigenvalue weighted by molar-refractivity contribution is -0.601. The Bertz CT molecular complexity index is 57.5. The number of hydrogen-bond donors (Lipinski definition) is 2. The van der Waals surface area contributed by atoms with Crippen LogP contribution in [0.2, 0.25) is 0 Å². The molecule has 1 unspecified atom stereocenters. The van der Waals surface area contributed by atoms with Crippen molar-refractivity contribution in [3.63, 3.8) is 0 Å². The first-order chi connectivity index (χ1) is 3.93. The van der Waals surface area contributed by atoms with Crippen LogP contribution in [-0.4, -0.2) is 19.6 Å². The number of rotatable bonds is 2. The highest BCUT2D eigenvalue weighted by Gasteiger charge is 2.13. The van der Waals surface area contributed by atoms with Crippen molar-refractivity contribution in [1.29, 1.82) is 0 Å². The van der Waals surface area contributed by atoms with Crippen molar-refractivity contribution in [2.75, 3.05) is 19.6 Å². The molecule has 0 aromatic carbocycles. The molecule has 1 rings (SSSR count). The SMILES string of the molecule is [CH2-][NH2+]CC1CCNC1. The number of hydrogen-bond acceptors (Lipinski definition) is 1. The van der Waals surface area contributed by atoms with E-state index in [9.17, 15) is 0 Å². The highest BCUT2D eigenvalue weighted by molar-refractivity contribution is 4.68. The molecule has 0 saturated carbocycles. The molecule has 3 N–H and O–H groups in total. The summed E-state index contributed by atoms with van der Waals surface area (Å²) in [6, 6.07) is 0. The van der Waals surface area contributed by atoms with Crippen LogP contribution in [0, 0.1) is 13.0 Å². The van der Waals surface area contributed by atoms with Crippen LogP contribution in [0.1, 0.15) is 6.42 Å². The summed E-state index contributed by atoms with van der Waals surface area (Å²) in [5, 5.41) is 5.32. The van der Waals surface area contributed by atoms with Crippen LogP contribution in [0.5, 0.6) is 0 Å². The van der Waals surface area contributed by atoms with Gasteiger partial charge in [0.05, 0.1) is 6.54 Å². The van der Waals surface area contributed by atoms with E-state index in [0.29, 0.717) is 0 Å². The third kappa shape index (κ3) is 1.46. The van der Waals surface area contributed by atoms with Crippen LogP contribution in [0.3, 0.4) is 0 Å². The van der Waals surface area contributed by atoms with E-state index in [1.165, 1.54) is 26.1 Å². The van der Waals surface area contributed by atoms with Crippen molar-refractivity contribution >= 4 is 0 Å². The highest BCUT2D eigenvalue weighted by Crippen LogP contribution is 2.02. The van der Waals surface area contributed by atoms with E-state index in [1.54, 1.807) is 0 Å². The molecule has 0 amide bonds. The van der Waals surface area contributed by atoms with E-state index in [4.69, 9.17) is 0 Å². The van der Waals surface area contributed by atoms with E-state index in [-0.39, 0.29) is 0 Å². The van der Waals surface area contributed by atoms with Crippen molar-refractivity contribution in [3.05, 3.63) is 7.05 Å². The maximum absolute atomic E-state index is 3.70. The number of quaternary nitrogens is 1. The van der Waals surface area contributed by atoms with Gasteiger partial charge in [0.25, 0.3) is 0 Å². The van der Waals surface area contributed by atoms with E-state index >= 15 is 0 Å². The first-order valence-corrected chi connectivity index (χ1v) is 3.25. The summed E-state index contributed by atoms with van der Waals surface area (Å²) in [7, 11) is 3.70. The lowest BCUT2D eigenvalue weighted by Gasteiger charge is -2.05. The zero-order chi connectivity index (χ0) is 5.82. The Hall–Kier alpha value is -0.0800. The Morgan fingerprint density at radius 3 is 3.12 bits per heavy atom. The topological polar surface area (TPSA) is 28.6 Å². The Kier molecular flexibility index (Phi) is 2.30. The van der Waals surface area contributed by atoms with Gasteiger partial charge in [-0.25, -0.2) is 0 Å². The van der Waals surface area contributed by atoms with Gasteiger partial charge in [0.1, 0.15) is 0 Å². The molecule has 0 aromatic heterocycles. The predicted octanol–water partition coefficient (Wildman–Crippen LogP) is -1.05. The summed E-state index contributed by atoms with van der Waals surface area (Å²) >= 11 is 0. The summed E-state index contributed by atoms with van der Waals surface area (Å²) < 4.78 is 0. The largest absolute Gasteiger partial charge is 0.479 e. The fraction of sp³-hybridized carbons (Fsp3) is 0.833. The van der Waals surface area contributed by atoms with Crippen molar-refractivity contribution in [1.82, 2.24) is 5.32 Å². The smallest absolute Gasteiger partial charge is 0.0556 e.